The van der Waals surface area contributed by atoms with Gasteiger partial charge in [0, 0.05) is 20.2 Å². The van der Waals surface area contributed by atoms with Gasteiger partial charge in [-0.3, -0.25) is 0 Å². The number of hydrogen-bond donors (Lipinski definition) is 0. The molecule has 0 radical (unpaired) electrons. The van der Waals surface area contributed by atoms with Crippen molar-refractivity contribution in [1.82, 2.24) is 0 Å². The second-order valence-corrected chi connectivity index (χ2v) is 6.87. The summed E-state index contributed by atoms with van der Waals surface area (Å²) < 4.78 is 2.75. The average molecular weight is 310 g/mol. The summed E-state index contributed by atoms with van der Waals surface area (Å²) in [6.07, 6.45) is 0. The first-order valence-corrected chi connectivity index (χ1v) is 8.62. The Hall–Kier alpha value is -2.64. The number of hydrogen-bond acceptors (Lipinski definition) is 1. The van der Waals surface area contributed by atoms with E-state index in [9.17, 15) is 0 Å². The zero-order chi connectivity index (χ0) is 15.2. The van der Waals surface area contributed by atoms with Crippen molar-refractivity contribution in [3.05, 3.63) is 84.9 Å². The van der Waals surface area contributed by atoms with Crippen molar-refractivity contribution in [2.45, 2.75) is 0 Å². The molecule has 0 saturated carbocycles. The summed E-state index contributed by atoms with van der Waals surface area (Å²) in [6, 6.07) is 30.5. The maximum atomic E-state index is 2.34. The van der Waals surface area contributed by atoms with Gasteiger partial charge < -0.3 is 0 Å². The van der Waals surface area contributed by atoms with Crippen LogP contribution in [0.3, 0.4) is 0 Å². The molecule has 108 valence electrons. The first-order valence-electron chi connectivity index (χ1n) is 7.80. The molecule has 4 aromatic carbocycles. The van der Waals surface area contributed by atoms with Crippen LogP contribution in [-0.4, -0.2) is 0 Å². The predicted molar refractivity (Wildman–Crippen MR) is 102 cm³/mol. The molecule has 0 unspecified atom stereocenters. The number of rotatable bonds is 1. The standard InChI is InChI=1S/C22H14S/c1-2-8-15(9-3-1)19-14-16-10-4-5-11-17(16)22-21(19)18-12-6-7-13-20(18)23-22/h1-14H. The van der Waals surface area contributed by atoms with Gasteiger partial charge in [0.2, 0.25) is 0 Å². The second-order valence-electron chi connectivity index (χ2n) is 5.81. The molecule has 0 saturated heterocycles. The number of benzene rings is 4. The van der Waals surface area contributed by atoms with E-state index in [0.29, 0.717) is 0 Å². The molecule has 1 heteroatoms. The number of thiophene rings is 1. The molecule has 0 aliphatic carbocycles. The largest absolute Gasteiger partial charge is 0.135 e. The van der Waals surface area contributed by atoms with Gasteiger partial charge in [-0.25, -0.2) is 0 Å². The van der Waals surface area contributed by atoms with Crippen molar-refractivity contribution in [3.63, 3.8) is 0 Å². The third-order valence-electron chi connectivity index (χ3n) is 4.45. The maximum absolute atomic E-state index is 2.34. The van der Waals surface area contributed by atoms with E-state index in [2.05, 4.69) is 84.9 Å². The molecule has 0 aliphatic heterocycles. The Kier molecular flexibility index (Phi) is 2.76. The van der Waals surface area contributed by atoms with Gasteiger partial charge in [0.05, 0.1) is 0 Å². The first kappa shape index (κ1) is 12.9. The third kappa shape index (κ3) is 1.90. The quantitative estimate of drug-likeness (QED) is 0.317. The minimum Gasteiger partial charge on any atom is -0.135 e. The van der Waals surface area contributed by atoms with Crippen LogP contribution < -0.4 is 0 Å². The topological polar surface area (TPSA) is 0 Å². The Morgan fingerprint density at radius 3 is 2.17 bits per heavy atom. The van der Waals surface area contributed by atoms with Gasteiger partial charge in [-0.15, -0.1) is 11.3 Å². The second kappa shape index (κ2) is 4.94. The van der Waals surface area contributed by atoms with Gasteiger partial charge in [0.15, 0.2) is 0 Å². The molecule has 1 aromatic heterocycles. The molecule has 0 spiro atoms. The van der Waals surface area contributed by atoms with Crippen LogP contribution in [0.2, 0.25) is 0 Å². The van der Waals surface area contributed by atoms with Crippen LogP contribution in [0, 0.1) is 0 Å². The highest BCUT2D eigenvalue weighted by atomic mass is 32.1. The van der Waals surface area contributed by atoms with E-state index in [0.717, 1.165) is 0 Å². The van der Waals surface area contributed by atoms with Gasteiger partial charge in [-0.1, -0.05) is 72.8 Å². The van der Waals surface area contributed by atoms with Crippen LogP contribution in [-0.2, 0) is 0 Å². The van der Waals surface area contributed by atoms with Crippen molar-refractivity contribution in [3.8, 4) is 11.1 Å². The Morgan fingerprint density at radius 2 is 1.30 bits per heavy atom. The molecule has 0 bridgehead atoms. The highest BCUT2D eigenvalue weighted by Gasteiger charge is 2.13. The van der Waals surface area contributed by atoms with Crippen LogP contribution in [0.5, 0.6) is 0 Å². The average Bonchev–Trinajstić information content (AvgIpc) is 3.02. The van der Waals surface area contributed by atoms with Crippen molar-refractivity contribution in [1.29, 1.82) is 0 Å². The molecule has 0 N–H and O–H groups in total. The molecule has 0 nitrogen and oxygen atoms in total. The molecule has 0 aliphatic rings. The summed E-state index contributed by atoms with van der Waals surface area (Å²) in [5.41, 5.74) is 2.61. The van der Waals surface area contributed by atoms with Crippen LogP contribution >= 0.6 is 11.3 Å². The molecule has 0 atom stereocenters. The lowest BCUT2D eigenvalue weighted by Crippen LogP contribution is -1.81. The molecular weight excluding hydrogens is 296 g/mol. The van der Waals surface area contributed by atoms with Crippen molar-refractivity contribution < 1.29 is 0 Å². The molecule has 5 rings (SSSR count). The molecule has 0 fully saturated rings. The summed E-state index contributed by atoms with van der Waals surface area (Å²) >= 11 is 1.90. The summed E-state index contributed by atoms with van der Waals surface area (Å²) in [6.45, 7) is 0. The molecule has 0 amide bonds. The van der Waals surface area contributed by atoms with E-state index in [1.54, 1.807) is 0 Å². The molecular formula is C22H14S. The van der Waals surface area contributed by atoms with Crippen LogP contribution in [0.15, 0.2) is 84.9 Å². The van der Waals surface area contributed by atoms with Gasteiger partial charge in [0.1, 0.15) is 0 Å². The van der Waals surface area contributed by atoms with Crippen molar-refractivity contribution in [2.24, 2.45) is 0 Å². The highest BCUT2D eigenvalue weighted by molar-refractivity contribution is 7.26. The van der Waals surface area contributed by atoms with Gasteiger partial charge in [-0.05, 0) is 34.0 Å². The lowest BCUT2D eigenvalue weighted by molar-refractivity contribution is 1.68. The maximum Gasteiger partial charge on any atom is 0.0440 e. The smallest absolute Gasteiger partial charge is 0.0440 e. The van der Waals surface area contributed by atoms with Gasteiger partial charge in [0.25, 0.3) is 0 Å². The molecule has 1 heterocycles. The Morgan fingerprint density at radius 1 is 0.609 bits per heavy atom. The Labute approximate surface area is 138 Å². The summed E-state index contributed by atoms with van der Waals surface area (Å²) in [5, 5.41) is 5.40. The van der Waals surface area contributed by atoms with E-state index in [1.165, 1.54) is 42.1 Å². The zero-order valence-electron chi connectivity index (χ0n) is 12.5. The Bertz CT molecular complexity index is 1150. The van der Waals surface area contributed by atoms with Crippen LogP contribution in [0.1, 0.15) is 0 Å². The molecule has 23 heavy (non-hydrogen) atoms. The fraction of sp³-hybridized carbons (Fsp3) is 0. The number of fused-ring (bicyclic) bond motifs is 5. The fourth-order valence-corrected chi connectivity index (χ4v) is 4.67. The van der Waals surface area contributed by atoms with Crippen molar-refractivity contribution >= 4 is 42.3 Å². The lowest BCUT2D eigenvalue weighted by atomic mass is 9.96. The van der Waals surface area contributed by atoms with E-state index in [1.807, 2.05) is 11.3 Å². The normalized spacial score (nSPS) is 11.5. The SMILES string of the molecule is c1ccc(-c2cc3ccccc3c3sc4ccccc4c23)cc1. The summed E-state index contributed by atoms with van der Waals surface area (Å²) in [4.78, 5) is 0. The summed E-state index contributed by atoms with van der Waals surface area (Å²) in [7, 11) is 0. The van der Waals surface area contributed by atoms with E-state index in [-0.39, 0.29) is 0 Å². The molecule has 5 aromatic rings. The van der Waals surface area contributed by atoms with Crippen molar-refractivity contribution in [2.75, 3.05) is 0 Å². The minimum absolute atomic E-state index is 1.28. The minimum atomic E-state index is 1.28. The van der Waals surface area contributed by atoms with E-state index in [4.69, 9.17) is 0 Å². The predicted octanol–water partition coefficient (Wildman–Crippen LogP) is 6.87. The Balaban J connectivity index is 2.06. The van der Waals surface area contributed by atoms with E-state index < -0.39 is 0 Å². The third-order valence-corrected chi connectivity index (χ3v) is 5.66. The van der Waals surface area contributed by atoms with Gasteiger partial charge in [-0.2, -0.15) is 0 Å². The summed E-state index contributed by atoms with van der Waals surface area (Å²) in [5.74, 6) is 0. The van der Waals surface area contributed by atoms with Crippen LogP contribution in [0.25, 0.3) is 42.1 Å². The highest BCUT2D eigenvalue weighted by Crippen LogP contribution is 2.43. The van der Waals surface area contributed by atoms with Gasteiger partial charge >= 0.3 is 0 Å². The van der Waals surface area contributed by atoms with Crippen LogP contribution in [0.4, 0.5) is 0 Å². The monoisotopic (exact) mass is 310 g/mol. The lowest BCUT2D eigenvalue weighted by Gasteiger charge is -2.08. The fourth-order valence-electron chi connectivity index (χ4n) is 3.41. The first-order chi connectivity index (χ1) is 11.4. The zero-order valence-corrected chi connectivity index (χ0v) is 13.3. The van der Waals surface area contributed by atoms with E-state index >= 15 is 0 Å².